The summed E-state index contributed by atoms with van der Waals surface area (Å²) in [5.41, 5.74) is 26.4. The number of guanidine groups is 2. The molecule has 8 atom stereocenters. The first kappa shape index (κ1) is 33.1. The van der Waals surface area contributed by atoms with Crippen LogP contribution in [0.2, 0.25) is 0 Å². The summed E-state index contributed by atoms with van der Waals surface area (Å²) in [6.07, 6.45) is -12.1. The molecular formula is C16H19ClF6N12O6. The van der Waals surface area contributed by atoms with Gasteiger partial charge in [0.25, 0.3) is 0 Å². The summed E-state index contributed by atoms with van der Waals surface area (Å²) >= 11 is 6.81. The van der Waals surface area contributed by atoms with Crippen molar-refractivity contribution in [3.8, 4) is 0 Å². The number of ether oxygens (including phenoxy) is 1. The lowest BCUT2D eigenvalue weighted by Gasteiger charge is -2.51. The molecule has 0 amide bonds. The van der Waals surface area contributed by atoms with Gasteiger partial charge < -0.3 is 42.2 Å². The Kier molecular flexibility index (Phi) is 9.51. The van der Waals surface area contributed by atoms with Crippen molar-refractivity contribution in [2.45, 2.75) is 41.4 Å². The first-order valence-electron chi connectivity index (χ1n) is 10.6. The third-order valence-electron chi connectivity index (χ3n) is 6.22. The highest BCUT2D eigenvalue weighted by atomic mass is 35.5. The standard InChI is InChI=1S/C12H17ClN12O2.2C2HF3O2/c13-6-4(2-19-25-17)3(1-18-24-16)5-11(6)7(20-9(14)22-11)27-8-12(5,26)23-10(15)21-8;2*3-2(4,5)1(6)7/h3-8,26H,1-2H2,(H3,14,20,22)(H3,15,21,23);2*(H,6,7)/t3-,4-,5+,6+,7+,8+,11+,12+;;/m1../s1. The van der Waals surface area contributed by atoms with E-state index in [0.717, 1.165) is 0 Å². The van der Waals surface area contributed by atoms with Crippen molar-refractivity contribution in [3.63, 3.8) is 0 Å². The minimum atomic E-state index is -5.08. The van der Waals surface area contributed by atoms with E-state index < -0.39 is 71.1 Å². The van der Waals surface area contributed by atoms with Crippen LogP contribution in [-0.4, -0.2) is 93.7 Å². The van der Waals surface area contributed by atoms with Gasteiger partial charge in [0, 0.05) is 28.8 Å². The number of halogens is 7. The second kappa shape index (κ2) is 11.8. The van der Waals surface area contributed by atoms with Crippen molar-refractivity contribution >= 4 is 35.5 Å². The Labute approximate surface area is 227 Å². The van der Waals surface area contributed by atoms with Gasteiger partial charge in [0.1, 0.15) is 5.54 Å². The summed E-state index contributed by atoms with van der Waals surface area (Å²) in [6.45, 7) is 0.0304. The molecule has 1 saturated carbocycles. The highest BCUT2D eigenvalue weighted by Gasteiger charge is 2.76. The highest BCUT2D eigenvalue weighted by molar-refractivity contribution is 6.22. The molecule has 41 heavy (non-hydrogen) atoms. The summed E-state index contributed by atoms with van der Waals surface area (Å²) in [5, 5.41) is 38.1. The zero-order chi connectivity index (χ0) is 31.6. The maximum absolute atomic E-state index is 11.5. The van der Waals surface area contributed by atoms with Gasteiger partial charge in [0.15, 0.2) is 23.9 Å². The van der Waals surface area contributed by atoms with Crippen molar-refractivity contribution in [3.05, 3.63) is 20.9 Å². The Balaban J connectivity index is 0.000000349. The molecule has 0 bridgehead atoms. The number of hydrogen-bond acceptors (Lipinski definition) is 12. The quantitative estimate of drug-likeness (QED) is 0.0736. The monoisotopic (exact) mass is 624 g/mol. The predicted molar refractivity (Wildman–Crippen MR) is 121 cm³/mol. The van der Waals surface area contributed by atoms with Crippen LogP contribution in [0.3, 0.4) is 0 Å². The van der Waals surface area contributed by atoms with E-state index in [1.54, 1.807) is 0 Å². The maximum atomic E-state index is 11.5. The van der Waals surface area contributed by atoms with Crippen molar-refractivity contribution in [2.75, 3.05) is 13.1 Å². The number of aliphatic carboxylic acids is 2. The fourth-order valence-electron chi connectivity index (χ4n) is 4.91. The fourth-order valence-corrected chi connectivity index (χ4v) is 5.47. The third-order valence-corrected chi connectivity index (χ3v) is 6.91. The normalized spacial score (nSPS) is 34.4. The number of nitrogens with two attached hydrogens (primary N) is 2. The number of nitrogens with zero attached hydrogens (tertiary/aromatic N) is 8. The minimum Gasteiger partial charge on any atom is -0.475 e. The van der Waals surface area contributed by atoms with E-state index in [1.807, 2.05) is 0 Å². The number of hydrogen-bond donors (Lipinski definition) is 7. The number of fused-ring (bicyclic) bond motifs is 2. The number of aliphatic hydroxyl groups is 1. The van der Waals surface area contributed by atoms with E-state index in [4.69, 9.17) is 58.7 Å². The molecule has 3 heterocycles. The first-order valence-corrected chi connectivity index (χ1v) is 11.1. The van der Waals surface area contributed by atoms with Gasteiger partial charge in [0.05, 0.1) is 5.38 Å². The number of nitrogens with one attached hydrogen (secondary N) is 2. The van der Waals surface area contributed by atoms with Gasteiger partial charge in [-0.05, 0) is 22.9 Å². The topological polar surface area (TPSA) is 302 Å². The second-order valence-corrected chi connectivity index (χ2v) is 8.99. The van der Waals surface area contributed by atoms with E-state index in [2.05, 4.69) is 40.7 Å². The molecular weight excluding hydrogens is 606 g/mol. The summed E-state index contributed by atoms with van der Waals surface area (Å²) in [6, 6.07) is 0. The SMILES string of the molecule is O=C(O)C(F)(F)F.O=C(O)C(F)(F)F.[N-]=[N+]=NC[C@@H]1[C@@H](CN=[N+]=[N-])[C@H](Cl)[C@]23NC(N)=N[C@H]2O[C@@H]2N=C(N)N[C@]2(O)[C@@H]13. The lowest BCUT2D eigenvalue weighted by Crippen LogP contribution is -2.75. The molecule has 2 fully saturated rings. The van der Waals surface area contributed by atoms with Gasteiger partial charge >= 0.3 is 24.3 Å². The Morgan fingerprint density at radius 3 is 1.80 bits per heavy atom. The van der Waals surface area contributed by atoms with Crippen LogP contribution in [0.1, 0.15) is 0 Å². The number of aliphatic imine (C=N–C) groups is 2. The van der Waals surface area contributed by atoms with Gasteiger partial charge in [-0.2, -0.15) is 26.3 Å². The third kappa shape index (κ3) is 6.46. The molecule has 228 valence electrons. The highest BCUT2D eigenvalue weighted by Crippen LogP contribution is 2.59. The molecule has 4 rings (SSSR count). The van der Waals surface area contributed by atoms with Crippen molar-refractivity contribution < 1.29 is 56.0 Å². The van der Waals surface area contributed by atoms with Crippen LogP contribution >= 0.6 is 11.6 Å². The van der Waals surface area contributed by atoms with E-state index in [9.17, 15) is 31.4 Å². The summed E-state index contributed by atoms with van der Waals surface area (Å²) in [7, 11) is 0. The van der Waals surface area contributed by atoms with E-state index in [-0.39, 0.29) is 25.0 Å². The van der Waals surface area contributed by atoms with E-state index in [1.165, 1.54) is 0 Å². The zero-order valence-corrected chi connectivity index (χ0v) is 20.6. The molecule has 25 heteroatoms. The van der Waals surface area contributed by atoms with Crippen LogP contribution < -0.4 is 22.1 Å². The molecule has 1 saturated heterocycles. The van der Waals surface area contributed by atoms with E-state index in [0.29, 0.717) is 0 Å². The molecule has 0 aromatic heterocycles. The number of alkyl halides is 7. The Hall–Kier alpha value is -4.11. The lowest BCUT2D eigenvalue weighted by atomic mass is 9.72. The van der Waals surface area contributed by atoms with Gasteiger partial charge in [-0.25, -0.2) is 19.6 Å². The minimum absolute atomic E-state index is 0.00160. The maximum Gasteiger partial charge on any atom is 0.490 e. The fraction of sp³-hybridized carbons (Fsp3) is 0.750. The molecule has 0 unspecified atom stereocenters. The van der Waals surface area contributed by atoms with Crippen LogP contribution in [-0.2, 0) is 14.3 Å². The van der Waals surface area contributed by atoms with Gasteiger partial charge in [-0.15, -0.1) is 11.6 Å². The van der Waals surface area contributed by atoms with Crippen molar-refractivity contribution in [1.82, 2.24) is 10.6 Å². The number of rotatable bonds is 4. The van der Waals surface area contributed by atoms with Gasteiger partial charge in [0.2, 0.25) is 6.23 Å². The van der Waals surface area contributed by atoms with Crippen molar-refractivity contribution in [1.29, 1.82) is 0 Å². The smallest absolute Gasteiger partial charge is 0.475 e. The summed E-state index contributed by atoms with van der Waals surface area (Å²) in [4.78, 5) is 31.8. The molecule has 0 radical (unpaired) electrons. The Morgan fingerprint density at radius 1 is 0.951 bits per heavy atom. The van der Waals surface area contributed by atoms with Gasteiger partial charge in [-0.3, -0.25) is 0 Å². The van der Waals surface area contributed by atoms with Crippen molar-refractivity contribution in [2.24, 2.45) is 49.4 Å². The number of azide groups is 2. The number of carbonyl (C=O) groups is 2. The lowest BCUT2D eigenvalue weighted by molar-refractivity contribution is -0.233. The summed E-state index contributed by atoms with van der Waals surface area (Å²) in [5.74, 6) is -7.07. The Morgan fingerprint density at radius 2 is 1.37 bits per heavy atom. The molecule has 18 nitrogen and oxygen atoms in total. The second-order valence-electron chi connectivity index (χ2n) is 8.52. The van der Waals surface area contributed by atoms with Crippen LogP contribution in [0.5, 0.6) is 0 Å². The molecule has 1 spiro atoms. The number of carboxylic acids is 2. The van der Waals surface area contributed by atoms with Gasteiger partial charge in [-0.1, -0.05) is 10.2 Å². The van der Waals surface area contributed by atoms with Crippen LogP contribution in [0.25, 0.3) is 20.9 Å². The van der Waals surface area contributed by atoms with Crippen LogP contribution in [0, 0.1) is 17.8 Å². The van der Waals surface area contributed by atoms with E-state index >= 15 is 0 Å². The number of carboxylic acid groups (broad SMARTS) is 2. The molecule has 4 aliphatic rings. The average Bonchev–Trinajstić information content (AvgIpc) is 3.40. The largest absolute Gasteiger partial charge is 0.490 e. The summed E-state index contributed by atoms with van der Waals surface area (Å²) < 4.78 is 69.3. The molecule has 0 aromatic rings. The molecule has 3 aliphatic heterocycles. The Bertz CT molecular complexity index is 1180. The molecule has 1 aliphatic carbocycles. The molecule has 0 aromatic carbocycles. The van der Waals surface area contributed by atoms with Crippen LogP contribution in [0.4, 0.5) is 26.3 Å². The molecule has 9 N–H and O–H groups in total. The predicted octanol–water partition coefficient (Wildman–Crippen LogP) is 0.289. The average molecular weight is 625 g/mol. The first-order chi connectivity index (χ1) is 18.8. The van der Waals surface area contributed by atoms with Crippen LogP contribution in [0.15, 0.2) is 20.2 Å². The zero-order valence-electron chi connectivity index (χ0n) is 19.8.